The fraction of sp³-hybridized carbons (Fsp3) is 0.500. The topological polar surface area (TPSA) is 62.6 Å². The van der Waals surface area contributed by atoms with Crippen molar-refractivity contribution in [3.05, 3.63) is 40.4 Å². The zero-order valence-corrected chi connectivity index (χ0v) is 13.2. The van der Waals surface area contributed by atoms with Crippen LogP contribution in [-0.4, -0.2) is 48.8 Å². The first-order valence-corrected chi connectivity index (χ1v) is 7.37. The van der Waals surface area contributed by atoms with E-state index in [4.69, 9.17) is 14.2 Å². The number of hydrogen-bond acceptors (Lipinski definition) is 5. The number of para-hydroxylation sites is 1. The fourth-order valence-electron chi connectivity index (χ4n) is 3.08. The molecule has 124 valence electrons. The molecule has 1 aromatic heterocycles. The number of aromatic nitrogens is 2. The highest BCUT2D eigenvalue weighted by Crippen LogP contribution is 2.34. The summed E-state index contributed by atoms with van der Waals surface area (Å²) in [5.74, 6) is 0. The van der Waals surface area contributed by atoms with Gasteiger partial charge in [-0.05, 0) is 13.0 Å². The lowest BCUT2D eigenvalue weighted by atomic mass is 10.1. The molecule has 2 heterocycles. The standard InChI is InChI=1S/C16H19FN2O4/c1-9-10-6-4-5-7-11(10)19(16(20)18-9)15-13(17)14(22-3)12(23-15)8-21-2/h4-7,12-15H,8H2,1-3H3/t12-,13-,14-,15-/m1/s1. The van der Waals surface area contributed by atoms with Crippen LogP contribution in [0.3, 0.4) is 0 Å². The molecule has 1 aliphatic rings. The molecule has 6 nitrogen and oxygen atoms in total. The Balaban J connectivity index is 2.12. The molecule has 1 aliphatic heterocycles. The number of halogens is 1. The van der Waals surface area contributed by atoms with Gasteiger partial charge in [0.25, 0.3) is 0 Å². The normalized spacial score (nSPS) is 27.7. The summed E-state index contributed by atoms with van der Waals surface area (Å²) < 4.78 is 32.1. The summed E-state index contributed by atoms with van der Waals surface area (Å²) in [7, 11) is 2.92. The van der Waals surface area contributed by atoms with Crippen molar-refractivity contribution in [2.45, 2.75) is 31.5 Å². The van der Waals surface area contributed by atoms with Crippen LogP contribution in [0.1, 0.15) is 11.9 Å². The first-order chi connectivity index (χ1) is 11.1. The Morgan fingerprint density at radius 2 is 2.09 bits per heavy atom. The summed E-state index contributed by atoms with van der Waals surface area (Å²) in [5.41, 5.74) is 0.652. The number of methoxy groups -OCH3 is 2. The Labute approximate surface area is 132 Å². The van der Waals surface area contributed by atoms with E-state index in [1.807, 2.05) is 12.1 Å². The minimum atomic E-state index is -1.49. The highest BCUT2D eigenvalue weighted by atomic mass is 19.1. The number of aryl methyl sites for hydroxylation is 1. The third kappa shape index (κ3) is 2.65. The average Bonchev–Trinajstić information content (AvgIpc) is 2.84. The fourth-order valence-corrected chi connectivity index (χ4v) is 3.08. The van der Waals surface area contributed by atoms with Crippen molar-refractivity contribution in [1.29, 1.82) is 0 Å². The van der Waals surface area contributed by atoms with E-state index in [0.29, 0.717) is 11.2 Å². The van der Waals surface area contributed by atoms with E-state index in [0.717, 1.165) is 5.39 Å². The maximum Gasteiger partial charge on any atom is 0.350 e. The van der Waals surface area contributed by atoms with Gasteiger partial charge in [-0.1, -0.05) is 18.2 Å². The monoisotopic (exact) mass is 322 g/mol. The summed E-state index contributed by atoms with van der Waals surface area (Å²) in [6, 6.07) is 7.24. The molecular weight excluding hydrogens is 303 g/mol. The predicted octanol–water partition coefficient (Wildman–Crippen LogP) is 1.60. The van der Waals surface area contributed by atoms with E-state index in [1.165, 1.54) is 18.8 Å². The van der Waals surface area contributed by atoms with Crippen LogP contribution in [0.4, 0.5) is 4.39 Å². The van der Waals surface area contributed by atoms with Gasteiger partial charge in [0.05, 0.1) is 17.8 Å². The number of alkyl halides is 1. The molecule has 0 N–H and O–H groups in total. The lowest BCUT2D eigenvalue weighted by Gasteiger charge is -2.19. The van der Waals surface area contributed by atoms with Crippen LogP contribution in [0.2, 0.25) is 0 Å². The Morgan fingerprint density at radius 1 is 1.35 bits per heavy atom. The molecule has 0 unspecified atom stereocenters. The Bertz CT molecular complexity index is 763. The van der Waals surface area contributed by atoms with E-state index in [-0.39, 0.29) is 6.61 Å². The molecule has 2 aromatic rings. The highest BCUT2D eigenvalue weighted by molar-refractivity contribution is 5.81. The van der Waals surface area contributed by atoms with Gasteiger partial charge < -0.3 is 14.2 Å². The van der Waals surface area contributed by atoms with Crippen LogP contribution in [0, 0.1) is 6.92 Å². The van der Waals surface area contributed by atoms with Gasteiger partial charge in [0.1, 0.15) is 12.2 Å². The first kappa shape index (κ1) is 16.0. The summed E-state index contributed by atoms with van der Waals surface area (Å²) in [6.45, 7) is 1.93. The molecule has 23 heavy (non-hydrogen) atoms. The first-order valence-electron chi connectivity index (χ1n) is 7.37. The molecule has 0 saturated carbocycles. The van der Waals surface area contributed by atoms with Gasteiger partial charge in [0.15, 0.2) is 12.4 Å². The number of nitrogens with zero attached hydrogens (tertiary/aromatic N) is 2. The maximum atomic E-state index is 14.8. The number of rotatable bonds is 4. The lowest BCUT2D eigenvalue weighted by Crippen LogP contribution is -2.35. The van der Waals surface area contributed by atoms with Gasteiger partial charge in [-0.3, -0.25) is 4.57 Å². The molecule has 1 fully saturated rings. The van der Waals surface area contributed by atoms with Gasteiger partial charge in [-0.15, -0.1) is 0 Å². The third-order valence-electron chi connectivity index (χ3n) is 4.15. The second-order valence-electron chi connectivity index (χ2n) is 5.53. The zero-order valence-electron chi connectivity index (χ0n) is 13.2. The number of benzene rings is 1. The van der Waals surface area contributed by atoms with Crippen molar-refractivity contribution in [2.24, 2.45) is 0 Å². The minimum absolute atomic E-state index is 0.182. The van der Waals surface area contributed by atoms with Crippen molar-refractivity contribution < 1.29 is 18.6 Å². The quantitative estimate of drug-likeness (QED) is 0.856. The Hall–Kier alpha value is -1.83. The van der Waals surface area contributed by atoms with Crippen LogP contribution in [0.15, 0.2) is 29.1 Å². The molecule has 4 atom stereocenters. The van der Waals surface area contributed by atoms with Crippen LogP contribution in [0.5, 0.6) is 0 Å². The smallest absolute Gasteiger partial charge is 0.350 e. The molecule has 7 heteroatoms. The van der Waals surface area contributed by atoms with E-state index in [9.17, 15) is 9.18 Å². The highest BCUT2D eigenvalue weighted by Gasteiger charge is 2.47. The van der Waals surface area contributed by atoms with Crippen LogP contribution in [0.25, 0.3) is 10.9 Å². The number of hydrogen-bond donors (Lipinski definition) is 0. The van der Waals surface area contributed by atoms with E-state index in [1.54, 1.807) is 19.1 Å². The molecule has 0 bridgehead atoms. The van der Waals surface area contributed by atoms with Gasteiger partial charge >= 0.3 is 5.69 Å². The van der Waals surface area contributed by atoms with E-state index in [2.05, 4.69) is 4.98 Å². The van der Waals surface area contributed by atoms with Gasteiger partial charge in [-0.2, -0.15) is 4.98 Å². The van der Waals surface area contributed by atoms with Crippen molar-refractivity contribution in [3.63, 3.8) is 0 Å². The average molecular weight is 322 g/mol. The van der Waals surface area contributed by atoms with Crippen molar-refractivity contribution >= 4 is 10.9 Å². The maximum absolute atomic E-state index is 14.8. The van der Waals surface area contributed by atoms with Gasteiger partial charge in [0.2, 0.25) is 0 Å². The summed E-state index contributed by atoms with van der Waals surface area (Å²) >= 11 is 0. The van der Waals surface area contributed by atoms with Crippen LogP contribution < -0.4 is 5.69 Å². The summed E-state index contributed by atoms with van der Waals surface area (Å²) in [6.07, 6.45) is -3.97. The van der Waals surface area contributed by atoms with Crippen molar-refractivity contribution in [3.8, 4) is 0 Å². The molecular formula is C16H19FN2O4. The second kappa shape index (κ2) is 6.35. The van der Waals surface area contributed by atoms with Crippen molar-refractivity contribution in [1.82, 2.24) is 9.55 Å². The Morgan fingerprint density at radius 3 is 2.78 bits per heavy atom. The zero-order chi connectivity index (χ0) is 16.6. The van der Waals surface area contributed by atoms with E-state index < -0.39 is 30.3 Å². The molecule has 0 aliphatic carbocycles. The number of fused-ring (bicyclic) bond motifs is 1. The molecule has 1 aromatic carbocycles. The van der Waals surface area contributed by atoms with E-state index >= 15 is 0 Å². The molecule has 0 radical (unpaired) electrons. The summed E-state index contributed by atoms with van der Waals surface area (Å²) in [5, 5.41) is 0.784. The number of ether oxygens (including phenoxy) is 3. The van der Waals surface area contributed by atoms with Crippen molar-refractivity contribution in [2.75, 3.05) is 20.8 Å². The largest absolute Gasteiger partial charge is 0.382 e. The SMILES string of the molecule is COC[C@H]1O[C@@H](n2c(=O)nc(C)c3ccccc32)[C@H](F)[C@@H]1OC. The van der Waals surface area contributed by atoms with Crippen LogP contribution >= 0.6 is 0 Å². The van der Waals surface area contributed by atoms with Crippen LogP contribution in [-0.2, 0) is 14.2 Å². The molecule has 0 spiro atoms. The third-order valence-corrected chi connectivity index (χ3v) is 4.15. The minimum Gasteiger partial charge on any atom is -0.382 e. The lowest BCUT2D eigenvalue weighted by molar-refractivity contribution is -0.0611. The second-order valence-corrected chi connectivity index (χ2v) is 5.53. The molecule has 0 amide bonds. The predicted molar refractivity (Wildman–Crippen MR) is 82.2 cm³/mol. The molecule has 3 rings (SSSR count). The summed E-state index contributed by atoms with van der Waals surface area (Å²) in [4.78, 5) is 16.4. The van der Waals surface area contributed by atoms with Gasteiger partial charge in [-0.25, -0.2) is 9.18 Å². The molecule has 1 saturated heterocycles. The van der Waals surface area contributed by atoms with Gasteiger partial charge in [0, 0.05) is 19.6 Å². The Kier molecular flexibility index (Phi) is 4.43.